The third kappa shape index (κ3) is 3.11. The molecule has 1 N–H and O–H groups in total. The minimum atomic E-state index is -0.960. The Balaban J connectivity index is 1.49. The second-order valence-corrected chi connectivity index (χ2v) is 9.96. The normalized spacial score (nSPS) is 42.1. The van der Waals surface area contributed by atoms with Crippen LogP contribution in [0.4, 0.5) is 0 Å². The molecule has 154 valence electrons. The fraction of sp³-hybridized carbons (Fsp3) is 0.783. The Hall–Kier alpha value is -1.65. The average Bonchev–Trinajstić information content (AvgIpc) is 2.97. The molecular weight excluding hydrogens is 356 g/mol. The largest absolute Gasteiger partial charge is 0.481 e. The molecule has 4 aliphatic carbocycles. The number of hydrogen-bond donors (Lipinski definition) is 1. The van der Waals surface area contributed by atoms with Crippen LogP contribution in [0.1, 0.15) is 78.1 Å². The topological polar surface area (TPSA) is 80.7 Å². The summed E-state index contributed by atoms with van der Waals surface area (Å²) in [5.41, 5.74) is 1.54. The number of carboxylic acids is 1. The highest BCUT2D eigenvalue weighted by Gasteiger charge is 2.59. The Bertz CT molecular complexity index is 725. The van der Waals surface area contributed by atoms with Crippen LogP contribution in [0.25, 0.3) is 0 Å². The lowest BCUT2D eigenvalue weighted by molar-refractivity contribution is -0.161. The Morgan fingerprint density at radius 2 is 1.86 bits per heavy atom. The maximum absolute atomic E-state index is 12.1. The molecule has 0 aliphatic heterocycles. The summed E-state index contributed by atoms with van der Waals surface area (Å²) in [6.07, 6.45) is 9.62. The van der Waals surface area contributed by atoms with Gasteiger partial charge in [0.2, 0.25) is 0 Å². The second-order valence-electron chi connectivity index (χ2n) is 9.96. The first-order chi connectivity index (χ1) is 13.2. The van der Waals surface area contributed by atoms with E-state index in [4.69, 9.17) is 9.84 Å². The molecule has 0 bridgehead atoms. The highest BCUT2D eigenvalue weighted by molar-refractivity contribution is 5.91. The summed E-state index contributed by atoms with van der Waals surface area (Å²) in [6.45, 7) is 4.66. The van der Waals surface area contributed by atoms with Crippen molar-refractivity contribution in [3.63, 3.8) is 0 Å². The summed E-state index contributed by atoms with van der Waals surface area (Å²) in [6, 6.07) is 0. The number of esters is 1. The molecule has 0 heterocycles. The molecule has 4 rings (SSSR count). The van der Waals surface area contributed by atoms with Crippen LogP contribution in [-0.4, -0.2) is 28.9 Å². The molecule has 5 nitrogen and oxygen atoms in total. The lowest BCUT2D eigenvalue weighted by Crippen LogP contribution is -2.51. The van der Waals surface area contributed by atoms with Crippen molar-refractivity contribution in [3.8, 4) is 0 Å². The number of hydrogen-bond acceptors (Lipinski definition) is 4. The lowest BCUT2D eigenvalue weighted by atomic mass is 9.47. The number of ether oxygens (including phenoxy) is 1. The van der Waals surface area contributed by atoms with Gasteiger partial charge in [-0.3, -0.25) is 14.4 Å². The number of carbonyl (C=O) groups excluding carboxylic acids is 2. The molecule has 0 amide bonds. The highest BCUT2D eigenvalue weighted by Crippen LogP contribution is 2.65. The van der Waals surface area contributed by atoms with Crippen molar-refractivity contribution in [1.29, 1.82) is 0 Å². The molecular formula is C23H32O5. The number of aliphatic carboxylic acids is 1. The van der Waals surface area contributed by atoms with E-state index in [1.165, 1.54) is 5.57 Å². The number of rotatable bonds is 4. The average molecular weight is 389 g/mol. The smallest absolute Gasteiger partial charge is 0.306 e. The van der Waals surface area contributed by atoms with Gasteiger partial charge >= 0.3 is 11.9 Å². The number of carbonyl (C=O) groups is 3. The van der Waals surface area contributed by atoms with E-state index in [0.717, 1.165) is 44.9 Å². The van der Waals surface area contributed by atoms with Crippen LogP contribution in [0, 0.1) is 28.6 Å². The minimum absolute atomic E-state index is 0.00210. The van der Waals surface area contributed by atoms with Crippen molar-refractivity contribution < 1.29 is 24.2 Å². The van der Waals surface area contributed by atoms with Gasteiger partial charge in [0.25, 0.3) is 0 Å². The van der Waals surface area contributed by atoms with Crippen molar-refractivity contribution in [3.05, 3.63) is 11.6 Å². The molecule has 28 heavy (non-hydrogen) atoms. The third-order valence-electron chi connectivity index (χ3n) is 8.69. The first kappa shape index (κ1) is 19.7. The van der Waals surface area contributed by atoms with E-state index in [0.29, 0.717) is 30.0 Å². The fourth-order valence-corrected chi connectivity index (χ4v) is 7.13. The number of allylic oxidation sites excluding steroid dienone is 1. The number of carboxylic acid groups (broad SMARTS) is 1. The maximum atomic E-state index is 12.1. The van der Waals surface area contributed by atoms with E-state index in [-0.39, 0.29) is 35.7 Å². The van der Waals surface area contributed by atoms with Gasteiger partial charge in [-0.1, -0.05) is 19.4 Å². The molecule has 0 radical (unpaired) electrons. The number of ketones is 1. The van der Waals surface area contributed by atoms with Gasteiger partial charge in [0, 0.05) is 11.8 Å². The zero-order valence-corrected chi connectivity index (χ0v) is 17.0. The molecule has 6 atom stereocenters. The van der Waals surface area contributed by atoms with Crippen molar-refractivity contribution in [1.82, 2.24) is 0 Å². The summed E-state index contributed by atoms with van der Waals surface area (Å²) >= 11 is 0. The Labute approximate surface area is 166 Å². The van der Waals surface area contributed by atoms with E-state index in [1.807, 2.05) is 6.08 Å². The first-order valence-corrected chi connectivity index (χ1v) is 10.9. The quantitative estimate of drug-likeness (QED) is 0.727. The van der Waals surface area contributed by atoms with E-state index in [2.05, 4.69) is 13.8 Å². The standard InChI is InChI=1S/C23H32O5/c1-22-11-9-15(24)13-14(22)3-4-16-17-5-6-19(23(17,2)12-10-18(16)22)28-21(27)8-7-20(25)26/h13,16-19H,3-12H2,1-2H3,(H,25,26)/t16-,17?,18?,19-,22-,23-/m1/s1. The molecule has 0 aromatic rings. The molecule has 3 saturated carbocycles. The first-order valence-electron chi connectivity index (χ1n) is 10.9. The van der Waals surface area contributed by atoms with Gasteiger partial charge in [-0.15, -0.1) is 0 Å². The molecule has 5 heteroatoms. The molecule has 0 aromatic heterocycles. The number of fused-ring (bicyclic) bond motifs is 5. The van der Waals surface area contributed by atoms with Gasteiger partial charge in [-0.2, -0.15) is 0 Å². The van der Waals surface area contributed by atoms with Crippen molar-refractivity contribution in [2.75, 3.05) is 0 Å². The Kier molecular flexibility index (Phi) is 4.91. The van der Waals surface area contributed by atoms with Crippen LogP contribution >= 0.6 is 0 Å². The SMILES string of the molecule is C[C@@]12CCC(=O)C=C1CC[C@H]1C2CC[C@]2(C)C1CC[C@H]2OC(=O)CCC(=O)O. The molecule has 0 saturated heterocycles. The molecule has 4 aliphatic rings. The highest BCUT2D eigenvalue weighted by atomic mass is 16.5. The van der Waals surface area contributed by atoms with Gasteiger partial charge in [-0.05, 0) is 74.2 Å². The zero-order valence-electron chi connectivity index (χ0n) is 17.0. The van der Waals surface area contributed by atoms with E-state index >= 15 is 0 Å². The van der Waals surface area contributed by atoms with E-state index in [1.54, 1.807) is 0 Å². The Morgan fingerprint density at radius 1 is 1.07 bits per heavy atom. The maximum Gasteiger partial charge on any atom is 0.306 e. The van der Waals surface area contributed by atoms with Crippen molar-refractivity contribution in [2.45, 2.75) is 84.2 Å². The fourth-order valence-electron chi connectivity index (χ4n) is 7.13. The predicted octanol–water partition coefficient (Wildman–Crippen LogP) is 4.29. The monoisotopic (exact) mass is 388 g/mol. The van der Waals surface area contributed by atoms with Gasteiger partial charge < -0.3 is 9.84 Å². The summed E-state index contributed by atoms with van der Waals surface area (Å²) < 4.78 is 5.80. The van der Waals surface area contributed by atoms with Crippen LogP contribution in [0.3, 0.4) is 0 Å². The van der Waals surface area contributed by atoms with Crippen molar-refractivity contribution >= 4 is 17.7 Å². The summed E-state index contributed by atoms with van der Waals surface area (Å²) in [7, 11) is 0. The Morgan fingerprint density at radius 3 is 2.61 bits per heavy atom. The van der Waals surface area contributed by atoms with Crippen molar-refractivity contribution in [2.24, 2.45) is 28.6 Å². The summed E-state index contributed by atoms with van der Waals surface area (Å²) in [4.78, 5) is 34.8. The van der Waals surface area contributed by atoms with Gasteiger partial charge in [0.1, 0.15) is 6.10 Å². The van der Waals surface area contributed by atoms with Gasteiger partial charge in [-0.25, -0.2) is 0 Å². The van der Waals surface area contributed by atoms with Crippen LogP contribution in [0.5, 0.6) is 0 Å². The van der Waals surface area contributed by atoms with Crippen LogP contribution in [-0.2, 0) is 19.1 Å². The van der Waals surface area contributed by atoms with Crippen LogP contribution < -0.4 is 0 Å². The van der Waals surface area contributed by atoms with Gasteiger partial charge in [0.05, 0.1) is 12.8 Å². The summed E-state index contributed by atoms with van der Waals surface area (Å²) in [5, 5.41) is 8.79. The zero-order chi connectivity index (χ0) is 20.1. The molecule has 2 unspecified atom stereocenters. The second kappa shape index (κ2) is 7.00. The van der Waals surface area contributed by atoms with Crippen LogP contribution in [0.2, 0.25) is 0 Å². The predicted molar refractivity (Wildman–Crippen MR) is 103 cm³/mol. The molecule has 0 spiro atoms. The third-order valence-corrected chi connectivity index (χ3v) is 8.69. The molecule has 3 fully saturated rings. The molecule has 0 aromatic carbocycles. The van der Waals surface area contributed by atoms with Gasteiger partial charge in [0.15, 0.2) is 5.78 Å². The van der Waals surface area contributed by atoms with Crippen LogP contribution in [0.15, 0.2) is 11.6 Å². The summed E-state index contributed by atoms with van der Waals surface area (Å²) in [5.74, 6) is 0.776. The minimum Gasteiger partial charge on any atom is -0.481 e. The van der Waals surface area contributed by atoms with E-state index in [9.17, 15) is 14.4 Å². The lowest BCUT2D eigenvalue weighted by Gasteiger charge is -2.57. The van der Waals surface area contributed by atoms with E-state index < -0.39 is 5.97 Å².